The lowest BCUT2D eigenvalue weighted by molar-refractivity contribution is 0.652. The van der Waals surface area contributed by atoms with Gasteiger partial charge in [-0.3, -0.25) is 9.97 Å². The molecule has 0 fully saturated rings. The van der Waals surface area contributed by atoms with Crippen LogP contribution >= 0.6 is 0 Å². The van der Waals surface area contributed by atoms with Crippen molar-refractivity contribution in [3.05, 3.63) is 259 Å². The van der Waals surface area contributed by atoms with Gasteiger partial charge in [0.1, 0.15) is 5.84 Å². The molecule has 5 nitrogen and oxygen atoms in total. The highest BCUT2D eigenvalue weighted by molar-refractivity contribution is 6.13. The van der Waals surface area contributed by atoms with E-state index in [4.69, 9.17) is 4.99 Å². The van der Waals surface area contributed by atoms with Crippen LogP contribution in [0.5, 0.6) is 0 Å². The Morgan fingerprint density at radius 3 is 1.79 bits per heavy atom. The van der Waals surface area contributed by atoms with Crippen molar-refractivity contribution in [3.63, 3.8) is 0 Å². The Balaban J connectivity index is 0.944. The molecule has 13 rings (SSSR count). The van der Waals surface area contributed by atoms with Crippen molar-refractivity contribution in [2.75, 3.05) is 4.90 Å². The van der Waals surface area contributed by atoms with Gasteiger partial charge in [0.25, 0.3) is 0 Å². The average molecular weight is 926 g/mol. The molecule has 5 heteroatoms. The van der Waals surface area contributed by atoms with Crippen LogP contribution in [0.1, 0.15) is 66.6 Å². The molecule has 0 atom stereocenters. The Morgan fingerprint density at radius 2 is 1.04 bits per heavy atom. The number of amidine groups is 1. The summed E-state index contributed by atoms with van der Waals surface area (Å²) in [5.41, 5.74) is 17.4. The first kappa shape index (κ1) is 43.1. The second-order valence-electron chi connectivity index (χ2n) is 20.3. The molecular weight excluding hydrogens is 875 g/mol. The number of nitrogens with one attached hydrogen (secondary N) is 1. The van der Waals surface area contributed by atoms with E-state index in [9.17, 15) is 0 Å². The largest absolute Gasteiger partial charge is 0.340 e. The van der Waals surface area contributed by atoms with E-state index in [1.54, 1.807) is 0 Å². The highest BCUT2D eigenvalue weighted by atomic mass is 15.1. The molecule has 2 heterocycles. The van der Waals surface area contributed by atoms with E-state index < -0.39 is 0 Å². The lowest BCUT2D eigenvalue weighted by atomic mass is 9.79. The van der Waals surface area contributed by atoms with Gasteiger partial charge in [-0.25, -0.2) is 4.99 Å². The Bertz CT molecular complexity index is 4110. The maximum absolute atomic E-state index is 5.33. The predicted octanol–water partition coefficient (Wildman–Crippen LogP) is 16.8. The number of aromatic nitrogens is 2. The molecule has 0 bridgehead atoms. The third kappa shape index (κ3) is 6.65. The van der Waals surface area contributed by atoms with E-state index in [1.807, 2.05) is 43.0 Å². The van der Waals surface area contributed by atoms with Gasteiger partial charge < -0.3 is 10.2 Å². The first-order chi connectivity index (χ1) is 35.1. The third-order valence-corrected chi connectivity index (χ3v) is 15.5. The van der Waals surface area contributed by atoms with Crippen LogP contribution in [0.2, 0.25) is 0 Å². The zero-order valence-electron chi connectivity index (χ0n) is 40.8. The maximum atomic E-state index is 5.33. The number of nitrogens with zero attached hydrogens (tertiary/aromatic N) is 4. The van der Waals surface area contributed by atoms with Gasteiger partial charge >= 0.3 is 0 Å². The lowest BCUT2D eigenvalue weighted by Crippen LogP contribution is -2.24. The van der Waals surface area contributed by atoms with E-state index >= 15 is 0 Å². The van der Waals surface area contributed by atoms with Crippen molar-refractivity contribution in [2.24, 2.45) is 4.99 Å². The number of rotatable bonds is 8. The van der Waals surface area contributed by atoms with Gasteiger partial charge in [0.15, 0.2) is 0 Å². The van der Waals surface area contributed by atoms with Gasteiger partial charge in [0.2, 0.25) is 0 Å². The van der Waals surface area contributed by atoms with Gasteiger partial charge in [0, 0.05) is 85.2 Å². The van der Waals surface area contributed by atoms with Crippen LogP contribution < -0.4 is 10.2 Å². The molecule has 1 N–H and O–H groups in total. The summed E-state index contributed by atoms with van der Waals surface area (Å²) in [6.07, 6.45) is 7.43. The Morgan fingerprint density at radius 1 is 0.472 bits per heavy atom. The maximum Gasteiger partial charge on any atom is 0.138 e. The number of aliphatic imine (C=N–C) groups is 1. The summed E-state index contributed by atoms with van der Waals surface area (Å²) < 4.78 is 0. The van der Waals surface area contributed by atoms with E-state index in [-0.39, 0.29) is 10.8 Å². The highest BCUT2D eigenvalue weighted by Gasteiger charge is 2.43. The number of hydrogen-bond acceptors (Lipinski definition) is 4. The second-order valence-corrected chi connectivity index (χ2v) is 20.3. The van der Waals surface area contributed by atoms with E-state index in [2.05, 4.69) is 225 Å². The molecule has 9 aromatic carbocycles. The van der Waals surface area contributed by atoms with Gasteiger partial charge in [-0.1, -0.05) is 168 Å². The third-order valence-electron chi connectivity index (χ3n) is 15.5. The minimum atomic E-state index is -0.335. The molecule has 2 aliphatic rings. The van der Waals surface area contributed by atoms with Gasteiger partial charge in [0.05, 0.1) is 17.1 Å². The van der Waals surface area contributed by atoms with Crippen LogP contribution in [0, 0.1) is 0 Å². The SMILES string of the molecule is C=C(N=C(NC(=C)c1cccc2ccncc12)c1ccc2c(c1)C(C)(C)c1cc3c(cc1-2)C(C)(C)c1cc(N(c2ccccc2)c2cccc4ccccc24)c2ccccc2c1-3)c1cccc2ccncc12. The second kappa shape index (κ2) is 16.3. The van der Waals surface area contributed by atoms with Crippen molar-refractivity contribution in [2.45, 2.75) is 38.5 Å². The van der Waals surface area contributed by atoms with E-state index in [0.717, 1.165) is 55.3 Å². The fraction of sp³-hybridized carbons (Fsp3) is 0.0896. The fourth-order valence-electron chi connectivity index (χ4n) is 11.8. The van der Waals surface area contributed by atoms with Crippen LogP contribution in [-0.4, -0.2) is 15.8 Å². The molecular formula is C67H51N5. The number of anilines is 3. The first-order valence-electron chi connectivity index (χ1n) is 24.7. The minimum absolute atomic E-state index is 0.300. The molecule has 11 aromatic rings. The number of fused-ring (bicyclic) bond motifs is 11. The van der Waals surface area contributed by atoms with Gasteiger partial charge in [-0.2, -0.15) is 0 Å². The lowest BCUT2D eigenvalue weighted by Gasteiger charge is -2.30. The average Bonchev–Trinajstić information content (AvgIpc) is 3.78. The molecule has 2 aromatic heterocycles. The molecule has 0 spiro atoms. The van der Waals surface area contributed by atoms with Crippen molar-refractivity contribution in [1.82, 2.24) is 15.3 Å². The van der Waals surface area contributed by atoms with Crippen LogP contribution in [0.25, 0.3) is 76.7 Å². The molecule has 0 saturated carbocycles. The van der Waals surface area contributed by atoms with Crippen LogP contribution in [0.4, 0.5) is 17.1 Å². The monoisotopic (exact) mass is 925 g/mol. The molecule has 0 radical (unpaired) electrons. The van der Waals surface area contributed by atoms with Gasteiger partial charge in [-0.15, -0.1) is 0 Å². The number of benzene rings is 9. The van der Waals surface area contributed by atoms with E-state index in [1.165, 1.54) is 71.7 Å². The smallest absolute Gasteiger partial charge is 0.138 e. The summed E-state index contributed by atoms with van der Waals surface area (Å²) in [5, 5.41) is 12.8. The normalized spacial score (nSPS) is 14.0. The number of pyridine rings is 2. The van der Waals surface area contributed by atoms with Crippen molar-refractivity contribution < 1.29 is 0 Å². The Hall–Kier alpha value is -8.93. The summed E-state index contributed by atoms with van der Waals surface area (Å²) in [4.78, 5) is 16.7. The topological polar surface area (TPSA) is 53.4 Å². The quantitative estimate of drug-likeness (QED) is 0.122. The fourth-order valence-corrected chi connectivity index (χ4v) is 11.8. The summed E-state index contributed by atoms with van der Waals surface area (Å²) in [6, 6.07) is 66.0. The van der Waals surface area contributed by atoms with Gasteiger partial charge in [-0.05, 0) is 121 Å². The summed E-state index contributed by atoms with van der Waals surface area (Å²) >= 11 is 0. The standard InChI is InChI=1S/C67H51N5/c1-41(48-26-14-18-44-31-33-68-39-56(44)48)70-65(71-42(2)49-27-15-19-45-32-34-69-40-57(45)49)46-29-30-51-54-36-60-55(37-59(54)66(3,4)58(51)35-46)64-53-25-13-12-24-52(53)63(38-61(64)67(60,5)6)72(47-21-8-7-9-22-47)62-28-16-20-43-17-10-11-23-50(43)62/h7-40H,1-2H2,3-6H3,(H,70,71). The Kier molecular flexibility index (Phi) is 9.78. The van der Waals surface area contributed by atoms with Crippen molar-refractivity contribution >= 4 is 77.4 Å². The Labute approximate surface area is 420 Å². The van der Waals surface area contributed by atoms with E-state index in [0.29, 0.717) is 11.5 Å². The highest BCUT2D eigenvalue weighted by Crippen LogP contribution is 2.59. The van der Waals surface area contributed by atoms with Crippen LogP contribution in [0.3, 0.4) is 0 Å². The predicted molar refractivity (Wildman–Crippen MR) is 302 cm³/mol. The van der Waals surface area contributed by atoms with Crippen molar-refractivity contribution in [3.8, 4) is 22.3 Å². The molecule has 344 valence electrons. The molecule has 72 heavy (non-hydrogen) atoms. The number of hydrogen-bond donors (Lipinski definition) is 1. The number of para-hydroxylation sites is 1. The summed E-state index contributed by atoms with van der Waals surface area (Å²) in [6.45, 7) is 18.7. The minimum Gasteiger partial charge on any atom is -0.340 e. The molecule has 2 aliphatic carbocycles. The summed E-state index contributed by atoms with van der Waals surface area (Å²) in [5.74, 6) is 0.661. The van der Waals surface area contributed by atoms with Crippen LogP contribution in [0.15, 0.2) is 225 Å². The molecule has 0 saturated heterocycles. The zero-order valence-corrected chi connectivity index (χ0v) is 40.8. The first-order valence-corrected chi connectivity index (χ1v) is 24.7. The zero-order chi connectivity index (χ0) is 48.9. The molecule has 0 unspecified atom stereocenters. The molecule has 0 aliphatic heterocycles. The van der Waals surface area contributed by atoms with Crippen molar-refractivity contribution in [1.29, 1.82) is 0 Å². The molecule has 0 amide bonds. The van der Waals surface area contributed by atoms with Crippen LogP contribution in [-0.2, 0) is 10.8 Å². The summed E-state index contributed by atoms with van der Waals surface area (Å²) in [7, 11) is 0.